The Morgan fingerprint density at radius 1 is 0.850 bits per heavy atom. The predicted octanol–water partition coefficient (Wildman–Crippen LogP) is 4.76. The number of hydrogen-bond acceptors (Lipinski definition) is 1. The molecule has 0 aliphatic heterocycles. The van der Waals surface area contributed by atoms with Crippen LogP contribution in [0.3, 0.4) is 0 Å². The highest BCUT2D eigenvalue weighted by Gasteiger charge is 2.08. The molecular formula is C19H18O. The van der Waals surface area contributed by atoms with Crippen LogP contribution in [-0.4, -0.2) is 5.78 Å². The third-order valence-electron chi connectivity index (χ3n) is 3.13. The van der Waals surface area contributed by atoms with Crippen molar-refractivity contribution in [2.75, 3.05) is 0 Å². The van der Waals surface area contributed by atoms with Crippen molar-refractivity contribution >= 4 is 17.4 Å². The summed E-state index contributed by atoms with van der Waals surface area (Å²) in [5.41, 5.74) is 3.85. The molecule has 0 aliphatic carbocycles. The maximum Gasteiger partial charge on any atom is 0.160 e. The molecule has 20 heavy (non-hydrogen) atoms. The van der Waals surface area contributed by atoms with E-state index in [1.807, 2.05) is 79.7 Å². The summed E-state index contributed by atoms with van der Waals surface area (Å²) in [5, 5.41) is 0. The molecule has 0 aromatic heterocycles. The third kappa shape index (κ3) is 3.55. The fraction of sp³-hybridized carbons (Fsp3) is 0.105. The Morgan fingerprint density at radius 3 is 1.95 bits per heavy atom. The Bertz CT molecular complexity index is 634. The van der Waals surface area contributed by atoms with E-state index in [1.54, 1.807) is 6.92 Å². The van der Waals surface area contributed by atoms with Crippen LogP contribution in [0.2, 0.25) is 0 Å². The number of Topliss-reactive ketones (excluding diaryl/α,β-unsaturated/α-hetero) is 1. The van der Waals surface area contributed by atoms with Crippen molar-refractivity contribution in [3.05, 3.63) is 83.4 Å². The maximum atomic E-state index is 11.9. The topological polar surface area (TPSA) is 17.1 Å². The van der Waals surface area contributed by atoms with Gasteiger partial charge in [0.15, 0.2) is 5.78 Å². The van der Waals surface area contributed by atoms with Gasteiger partial charge in [0.1, 0.15) is 0 Å². The molecule has 0 unspecified atom stereocenters. The molecule has 0 spiro atoms. The second kappa shape index (κ2) is 6.67. The SMILES string of the molecule is CC(=O)/C(=C(C)\C=C\c1ccccc1)c1ccccc1. The molecule has 0 bridgehead atoms. The van der Waals surface area contributed by atoms with Crippen LogP contribution in [0, 0.1) is 0 Å². The number of carbonyl (C=O) groups excluding carboxylic acids is 1. The quantitative estimate of drug-likeness (QED) is 0.573. The zero-order valence-corrected chi connectivity index (χ0v) is 11.8. The number of benzene rings is 2. The van der Waals surface area contributed by atoms with Crippen LogP contribution < -0.4 is 0 Å². The van der Waals surface area contributed by atoms with E-state index in [-0.39, 0.29) is 5.78 Å². The van der Waals surface area contributed by atoms with Gasteiger partial charge in [0.05, 0.1) is 0 Å². The molecule has 0 heterocycles. The molecule has 2 rings (SSSR count). The van der Waals surface area contributed by atoms with Gasteiger partial charge >= 0.3 is 0 Å². The lowest BCUT2D eigenvalue weighted by Gasteiger charge is -2.07. The number of ketones is 1. The molecule has 2 aromatic carbocycles. The molecule has 0 saturated heterocycles. The minimum absolute atomic E-state index is 0.0893. The smallest absolute Gasteiger partial charge is 0.160 e. The summed E-state index contributed by atoms with van der Waals surface area (Å²) in [6, 6.07) is 19.9. The number of rotatable bonds is 4. The first-order valence-electron chi connectivity index (χ1n) is 6.69. The third-order valence-corrected chi connectivity index (χ3v) is 3.13. The molecule has 100 valence electrons. The van der Waals surface area contributed by atoms with Gasteiger partial charge in [0, 0.05) is 5.57 Å². The van der Waals surface area contributed by atoms with Crippen LogP contribution >= 0.6 is 0 Å². The van der Waals surface area contributed by atoms with Gasteiger partial charge in [-0.25, -0.2) is 0 Å². The Hall–Kier alpha value is -2.41. The zero-order valence-electron chi connectivity index (χ0n) is 11.8. The van der Waals surface area contributed by atoms with Crippen LogP contribution in [0.1, 0.15) is 25.0 Å². The normalized spacial score (nSPS) is 12.3. The van der Waals surface area contributed by atoms with Gasteiger partial charge in [0.25, 0.3) is 0 Å². The summed E-state index contributed by atoms with van der Waals surface area (Å²) in [4.78, 5) is 11.9. The molecule has 0 saturated carbocycles. The molecule has 0 radical (unpaired) electrons. The Morgan fingerprint density at radius 2 is 1.40 bits per heavy atom. The first kappa shape index (κ1) is 14.0. The minimum Gasteiger partial charge on any atom is -0.294 e. The Balaban J connectivity index is 2.37. The van der Waals surface area contributed by atoms with Crippen molar-refractivity contribution < 1.29 is 4.79 Å². The van der Waals surface area contributed by atoms with Crippen LogP contribution in [0.4, 0.5) is 0 Å². The van der Waals surface area contributed by atoms with E-state index in [4.69, 9.17) is 0 Å². The lowest BCUT2D eigenvalue weighted by atomic mass is 9.97. The molecule has 1 nitrogen and oxygen atoms in total. The fourth-order valence-corrected chi connectivity index (χ4v) is 2.18. The summed E-state index contributed by atoms with van der Waals surface area (Å²) < 4.78 is 0. The van der Waals surface area contributed by atoms with Crippen LogP contribution in [0.5, 0.6) is 0 Å². The van der Waals surface area contributed by atoms with E-state index >= 15 is 0 Å². The van der Waals surface area contributed by atoms with E-state index in [9.17, 15) is 4.79 Å². The van der Waals surface area contributed by atoms with Crippen LogP contribution in [-0.2, 0) is 4.79 Å². The van der Waals surface area contributed by atoms with Gasteiger partial charge in [-0.2, -0.15) is 0 Å². The average molecular weight is 262 g/mol. The first-order valence-corrected chi connectivity index (χ1v) is 6.69. The molecule has 2 aromatic rings. The monoisotopic (exact) mass is 262 g/mol. The largest absolute Gasteiger partial charge is 0.294 e. The summed E-state index contributed by atoms with van der Waals surface area (Å²) in [7, 11) is 0. The Kier molecular flexibility index (Phi) is 4.67. The number of hydrogen-bond donors (Lipinski definition) is 0. The van der Waals surface area contributed by atoms with Gasteiger partial charge < -0.3 is 0 Å². The van der Waals surface area contributed by atoms with Crippen molar-refractivity contribution in [3.63, 3.8) is 0 Å². The van der Waals surface area contributed by atoms with E-state index in [0.717, 1.165) is 22.3 Å². The lowest BCUT2D eigenvalue weighted by molar-refractivity contribution is -0.111. The van der Waals surface area contributed by atoms with Gasteiger partial charge in [0.2, 0.25) is 0 Å². The van der Waals surface area contributed by atoms with Crippen molar-refractivity contribution in [2.45, 2.75) is 13.8 Å². The van der Waals surface area contributed by atoms with Crippen LogP contribution in [0.25, 0.3) is 11.6 Å². The van der Waals surface area contributed by atoms with Gasteiger partial charge in [-0.1, -0.05) is 72.8 Å². The van der Waals surface area contributed by atoms with Crippen LogP contribution in [0.15, 0.2) is 72.3 Å². The molecule has 0 aliphatic rings. The van der Waals surface area contributed by atoms with E-state index in [2.05, 4.69) is 0 Å². The average Bonchev–Trinajstić information content (AvgIpc) is 2.47. The van der Waals surface area contributed by atoms with E-state index in [1.165, 1.54) is 0 Å². The summed E-state index contributed by atoms with van der Waals surface area (Å²) in [6.45, 7) is 3.59. The summed E-state index contributed by atoms with van der Waals surface area (Å²) in [5.74, 6) is 0.0893. The number of carbonyl (C=O) groups is 1. The molecule has 1 heteroatoms. The highest BCUT2D eigenvalue weighted by atomic mass is 16.1. The maximum absolute atomic E-state index is 11.9. The fourth-order valence-electron chi connectivity index (χ4n) is 2.18. The molecule has 0 amide bonds. The second-order valence-corrected chi connectivity index (χ2v) is 4.72. The van der Waals surface area contributed by atoms with E-state index in [0.29, 0.717) is 0 Å². The van der Waals surface area contributed by atoms with E-state index < -0.39 is 0 Å². The highest BCUT2D eigenvalue weighted by molar-refractivity contribution is 6.20. The zero-order chi connectivity index (χ0) is 14.4. The van der Waals surface area contributed by atoms with Gasteiger partial charge in [-0.05, 0) is 30.5 Å². The second-order valence-electron chi connectivity index (χ2n) is 4.72. The molecule has 0 fully saturated rings. The standard InChI is InChI=1S/C19H18O/c1-15(13-14-17-9-5-3-6-10-17)19(16(2)20)18-11-7-4-8-12-18/h3-14H,1-2H3/b14-13+,19-15+. The molecule has 0 N–H and O–H groups in total. The number of allylic oxidation sites excluding steroid dienone is 3. The van der Waals surface area contributed by atoms with Crippen molar-refractivity contribution in [3.8, 4) is 0 Å². The van der Waals surface area contributed by atoms with Crippen molar-refractivity contribution in [1.82, 2.24) is 0 Å². The summed E-state index contributed by atoms with van der Waals surface area (Å²) in [6.07, 6.45) is 4.03. The lowest BCUT2D eigenvalue weighted by Crippen LogP contribution is -1.98. The summed E-state index contributed by atoms with van der Waals surface area (Å²) >= 11 is 0. The first-order chi connectivity index (χ1) is 9.68. The molecular weight excluding hydrogens is 244 g/mol. The highest BCUT2D eigenvalue weighted by Crippen LogP contribution is 2.21. The Labute approximate surface area is 120 Å². The van der Waals surface area contributed by atoms with Gasteiger partial charge in [-0.15, -0.1) is 0 Å². The molecule has 0 atom stereocenters. The predicted molar refractivity (Wildman–Crippen MR) is 85.2 cm³/mol. The van der Waals surface area contributed by atoms with Crippen molar-refractivity contribution in [2.24, 2.45) is 0 Å². The van der Waals surface area contributed by atoms with Crippen molar-refractivity contribution in [1.29, 1.82) is 0 Å². The minimum atomic E-state index is 0.0893. The van der Waals surface area contributed by atoms with Gasteiger partial charge in [-0.3, -0.25) is 4.79 Å².